The van der Waals surface area contributed by atoms with Crippen molar-refractivity contribution in [2.45, 2.75) is 19.3 Å². The normalized spacial score (nSPS) is 10.9. The van der Waals surface area contributed by atoms with E-state index in [1.165, 1.54) is 11.1 Å². The maximum Gasteiger partial charge on any atom is 0.190 e. The lowest BCUT2D eigenvalue weighted by Gasteiger charge is -2.12. The number of guanidine groups is 1. The highest BCUT2D eigenvalue weighted by atomic mass is 127. The Hall–Kier alpha value is -1.60. The summed E-state index contributed by atoms with van der Waals surface area (Å²) in [5.74, 6) is 0.847. The van der Waals surface area contributed by atoms with Gasteiger partial charge in [-0.15, -0.1) is 24.0 Å². The summed E-state index contributed by atoms with van der Waals surface area (Å²) in [6.07, 6.45) is 2.93. The lowest BCUT2D eigenvalue weighted by atomic mass is 10.1. The summed E-state index contributed by atoms with van der Waals surface area (Å²) < 4.78 is 5.69. The van der Waals surface area contributed by atoms with Crippen LogP contribution in [0.1, 0.15) is 17.5 Å². The highest BCUT2D eigenvalue weighted by molar-refractivity contribution is 14.0. The molecule has 142 valence electrons. The van der Waals surface area contributed by atoms with E-state index in [4.69, 9.17) is 4.74 Å². The van der Waals surface area contributed by atoms with E-state index in [0.717, 1.165) is 51.5 Å². The molecule has 0 aliphatic rings. The lowest BCUT2D eigenvalue weighted by Crippen LogP contribution is -2.39. The fourth-order valence-electron chi connectivity index (χ4n) is 2.51. The average Bonchev–Trinajstić information content (AvgIpc) is 2.67. The monoisotopic (exact) mass is 467 g/mol. The minimum Gasteiger partial charge on any atom is -0.381 e. The van der Waals surface area contributed by atoms with E-state index in [1.54, 1.807) is 7.05 Å². The van der Waals surface area contributed by atoms with Crippen molar-refractivity contribution >= 4 is 29.9 Å². The Morgan fingerprint density at radius 1 is 0.808 bits per heavy atom. The SMILES string of the molecule is CN=C(NCCCOCCc1ccccc1)NCCc1ccccc1.I. The van der Waals surface area contributed by atoms with Crippen molar-refractivity contribution in [1.82, 2.24) is 10.6 Å². The number of rotatable bonds is 10. The summed E-state index contributed by atoms with van der Waals surface area (Å²) in [5.41, 5.74) is 2.65. The number of hydrogen-bond acceptors (Lipinski definition) is 2. The van der Waals surface area contributed by atoms with Gasteiger partial charge in [-0.05, 0) is 30.4 Å². The van der Waals surface area contributed by atoms with Crippen molar-refractivity contribution in [3.63, 3.8) is 0 Å². The van der Waals surface area contributed by atoms with Gasteiger partial charge < -0.3 is 15.4 Å². The zero-order valence-corrected chi connectivity index (χ0v) is 17.8. The number of nitrogens with zero attached hydrogens (tertiary/aromatic N) is 1. The molecule has 0 saturated heterocycles. The Morgan fingerprint density at radius 2 is 1.38 bits per heavy atom. The van der Waals surface area contributed by atoms with Gasteiger partial charge in [0.1, 0.15) is 0 Å². The van der Waals surface area contributed by atoms with Crippen molar-refractivity contribution in [3.8, 4) is 0 Å². The van der Waals surface area contributed by atoms with Gasteiger partial charge >= 0.3 is 0 Å². The van der Waals surface area contributed by atoms with Crippen LogP contribution in [-0.4, -0.2) is 39.3 Å². The topological polar surface area (TPSA) is 45.7 Å². The smallest absolute Gasteiger partial charge is 0.190 e. The van der Waals surface area contributed by atoms with E-state index >= 15 is 0 Å². The molecule has 0 spiro atoms. The fourth-order valence-corrected chi connectivity index (χ4v) is 2.51. The Labute approximate surface area is 174 Å². The molecule has 0 amide bonds. The highest BCUT2D eigenvalue weighted by Gasteiger charge is 1.98. The summed E-state index contributed by atoms with van der Waals surface area (Å²) in [6, 6.07) is 20.9. The summed E-state index contributed by atoms with van der Waals surface area (Å²) in [5, 5.41) is 6.66. The molecule has 26 heavy (non-hydrogen) atoms. The first-order chi connectivity index (χ1) is 12.4. The fraction of sp³-hybridized carbons (Fsp3) is 0.381. The zero-order valence-electron chi connectivity index (χ0n) is 15.5. The van der Waals surface area contributed by atoms with Gasteiger partial charge in [0.15, 0.2) is 5.96 Å². The minimum absolute atomic E-state index is 0. The summed E-state index contributed by atoms with van der Waals surface area (Å²) in [4.78, 5) is 4.25. The third kappa shape index (κ3) is 9.77. The second-order valence-electron chi connectivity index (χ2n) is 5.86. The number of benzene rings is 2. The van der Waals surface area contributed by atoms with Gasteiger partial charge in [0.2, 0.25) is 0 Å². The first-order valence-corrected chi connectivity index (χ1v) is 8.98. The predicted octanol–water partition coefficient (Wildman–Crippen LogP) is 3.66. The van der Waals surface area contributed by atoms with Crippen molar-refractivity contribution < 1.29 is 4.74 Å². The van der Waals surface area contributed by atoms with Crippen LogP contribution in [0.25, 0.3) is 0 Å². The zero-order chi connectivity index (χ0) is 17.6. The van der Waals surface area contributed by atoms with Crippen LogP contribution in [0.4, 0.5) is 0 Å². The van der Waals surface area contributed by atoms with Gasteiger partial charge in [0.25, 0.3) is 0 Å². The average molecular weight is 467 g/mol. The van der Waals surface area contributed by atoms with Crippen LogP contribution >= 0.6 is 24.0 Å². The van der Waals surface area contributed by atoms with E-state index in [9.17, 15) is 0 Å². The largest absolute Gasteiger partial charge is 0.381 e. The van der Waals surface area contributed by atoms with Gasteiger partial charge in [0.05, 0.1) is 6.61 Å². The summed E-state index contributed by atoms with van der Waals surface area (Å²) >= 11 is 0. The number of nitrogens with one attached hydrogen (secondary N) is 2. The molecule has 0 unspecified atom stereocenters. The molecule has 2 N–H and O–H groups in total. The highest BCUT2D eigenvalue weighted by Crippen LogP contribution is 2.00. The third-order valence-corrected chi connectivity index (χ3v) is 3.91. The molecule has 0 aromatic heterocycles. The van der Waals surface area contributed by atoms with Crippen molar-refractivity contribution in [3.05, 3.63) is 71.8 Å². The molecule has 0 aliphatic carbocycles. The van der Waals surface area contributed by atoms with Gasteiger partial charge in [-0.1, -0.05) is 60.7 Å². The Balaban J connectivity index is 0.00000338. The van der Waals surface area contributed by atoms with Gasteiger partial charge in [0, 0.05) is 26.7 Å². The van der Waals surface area contributed by atoms with Crippen LogP contribution < -0.4 is 10.6 Å². The molecule has 0 saturated carbocycles. The summed E-state index contributed by atoms with van der Waals surface area (Å²) in [7, 11) is 1.80. The standard InChI is InChI=1S/C21H29N3O.HI/c1-22-21(24-16-13-19-9-4-2-5-10-19)23-15-8-17-25-18-14-20-11-6-3-7-12-20;/h2-7,9-12H,8,13-18H2,1H3,(H2,22,23,24);1H. The van der Waals surface area contributed by atoms with Crippen LogP contribution in [0.5, 0.6) is 0 Å². The molecule has 2 aromatic carbocycles. The van der Waals surface area contributed by atoms with Crippen molar-refractivity contribution in [2.75, 3.05) is 33.4 Å². The van der Waals surface area contributed by atoms with Crippen molar-refractivity contribution in [1.29, 1.82) is 0 Å². The molecule has 0 bridgehead atoms. The molecule has 2 aromatic rings. The minimum atomic E-state index is 0. The molecule has 0 atom stereocenters. The maximum absolute atomic E-state index is 5.69. The summed E-state index contributed by atoms with van der Waals surface area (Å²) in [6.45, 7) is 3.27. The molecule has 4 nitrogen and oxygen atoms in total. The lowest BCUT2D eigenvalue weighted by molar-refractivity contribution is 0.135. The first-order valence-electron chi connectivity index (χ1n) is 8.98. The quantitative estimate of drug-likeness (QED) is 0.243. The maximum atomic E-state index is 5.69. The van der Waals surface area contributed by atoms with E-state index < -0.39 is 0 Å². The van der Waals surface area contributed by atoms with Crippen LogP contribution in [0.2, 0.25) is 0 Å². The van der Waals surface area contributed by atoms with E-state index in [0.29, 0.717) is 0 Å². The Bertz CT molecular complexity index is 605. The second kappa shape index (κ2) is 14.6. The molecule has 5 heteroatoms. The van der Waals surface area contributed by atoms with E-state index in [1.807, 2.05) is 12.1 Å². The number of ether oxygens (including phenoxy) is 1. The van der Waals surface area contributed by atoms with Crippen LogP contribution in [0, 0.1) is 0 Å². The molecule has 0 radical (unpaired) electrons. The molecular weight excluding hydrogens is 437 g/mol. The van der Waals surface area contributed by atoms with Gasteiger partial charge in [-0.3, -0.25) is 4.99 Å². The number of halogens is 1. The predicted molar refractivity (Wildman–Crippen MR) is 121 cm³/mol. The van der Waals surface area contributed by atoms with Crippen LogP contribution in [0.3, 0.4) is 0 Å². The first kappa shape index (κ1) is 22.4. The van der Waals surface area contributed by atoms with Crippen LogP contribution in [-0.2, 0) is 17.6 Å². The Kier molecular flexibility index (Phi) is 12.6. The molecular formula is C21H30IN3O. The third-order valence-electron chi connectivity index (χ3n) is 3.91. The van der Waals surface area contributed by atoms with E-state index in [-0.39, 0.29) is 24.0 Å². The Morgan fingerprint density at radius 3 is 2.00 bits per heavy atom. The number of aliphatic imine (C=N–C) groups is 1. The molecule has 0 fully saturated rings. The van der Waals surface area contributed by atoms with Gasteiger partial charge in [-0.2, -0.15) is 0 Å². The molecule has 2 rings (SSSR count). The second-order valence-corrected chi connectivity index (χ2v) is 5.86. The molecule has 0 aliphatic heterocycles. The van der Waals surface area contributed by atoms with Gasteiger partial charge in [-0.25, -0.2) is 0 Å². The number of hydrogen-bond donors (Lipinski definition) is 2. The van der Waals surface area contributed by atoms with Crippen molar-refractivity contribution in [2.24, 2.45) is 4.99 Å². The van der Waals surface area contributed by atoms with Crippen LogP contribution in [0.15, 0.2) is 65.7 Å². The van der Waals surface area contributed by atoms with E-state index in [2.05, 4.69) is 64.2 Å². The molecule has 0 heterocycles.